The Morgan fingerprint density at radius 2 is 1.65 bits per heavy atom. The van der Waals surface area contributed by atoms with Crippen LogP contribution in [0.5, 0.6) is 11.5 Å². The van der Waals surface area contributed by atoms with Crippen LogP contribution in [-0.2, 0) is 6.54 Å². The van der Waals surface area contributed by atoms with Gasteiger partial charge in [-0.15, -0.1) is 0 Å². The molecule has 0 N–H and O–H groups in total. The highest BCUT2D eigenvalue weighted by Crippen LogP contribution is 2.38. The van der Waals surface area contributed by atoms with E-state index in [1.54, 1.807) is 0 Å². The number of ether oxygens (including phenoxy) is 2. The van der Waals surface area contributed by atoms with Crippen LogP contribution >= 0.6 is 0 Å². The Hall–Kier alpha value is -3.31. The summed E-state index contributed by atoms with van der Waals surface area (Å²) in [6.45, 7) is 8.78. The average Bonchev–Trinajstić information content (AvgIpc) is 3.29. The molecule has 174 valence electrons. The molecule has 6 rings (SSSR count). The van der Waals surface area contributed by atoms with Crippen molar-refractivity contribution >= 4 is 11.1 Å². The molecule has 4 aromatic rings. The van der Waals surface area contributed by atoms with Gasteiger partial charge in [-0.3, -0.25) is 4.90 Å². The highest BCUT2D eigenvalue weighted by atomic mass is 16.6. The third kappa shape index (κ3) is 3.94. The predicted octanol–water partition coefficient (Wildman–Crippen LogP) is 6.54. The van der Waals surface area contributed by atoms with Crippen LogP contribution in [-0.4, -0.2) is 36.2 Å². The smallest absolute Gasteiger partial charge is 0.227 e. The van der Waals surface area contributed by atoms with Gasteiger partial charge in [-0.25, -0.2) is 4.98 Å². The Morgan fingerprint density at radius 3 is 2.50 bits per heavy atom. The zero-order valence-electron chi connectivity index (χ0n) is 19.9. The van der Waals surface area contributed by atoms with Crippen LogP contribution in [0.3, 0.4) is 0 Å². The normalized spacial score (nSPS) is 16.2. The maximum absolute atomic E-state index is 6.32. The van der Waals surface area contributed by atoms with Crippen molar-refractivity contribution in [3.05, 3.63) is 65.2 Å². The SMILES string of the molecule is Cc1c(-c2ccc3c(c2)OCCO3)cccc1-c1nc2cc(CN3CCCCC3)cc(C)c2o1. The molecule has 0 radical (unpaired) electrons. The van der Waals surface area contributed by atoms with E-state index in [-0.39, 0.29) is 0 Å². The van der Waals surface area contributed by atoms with Crippen LogP contribution in [0.1, 0.15) is 36.0 Å². The van der Waals surface area contributed by atoms with Gasteiger partial charge in [0, 0.05) is 12.1 Å². The molecule has 34 heavy (non-hydrogen) atoms. The van der Waals surface area contributed by atoms with E-state index in [0.29, 0.717) is 19.1 Å². The third-order valence-electron chi connectivity index (χ3n) is 7.01. The quantitative estimate of drug-likeness (QED) is 0.351. The number of aryl methyl sites for hydroxylation is 1. The van der Waals surface area contributed by atoms with Gasteiger partial charge in [-0.2, -0.15) is 0 Å². The van der Waals surface area contributed by atoms with Gasteiger partial charge < -0.3 is 13.9 Å². The van der Waals surface area contributed by atoms with E-state index in [2.05, 4.69) is 61.2 Å². The molecule has 1 saturated heterocycles. The van der Waals surface area contributed by atoms with E-state index in [1.807, 2.05) is 6.07 Å². The lowest BCUT2D eigenvalue weighted by molar-refractivity contribution is 0.171. The first-order valence-electron chi connectivity index (χ1n) is 12.3. The lowest BCUT2D eigenvalue weighted by Crippen LogP contribution is -2.29. The van der Waals surface area contributed by atoms with E-state index >= 15 is 0 Å². The summed E-state index contributed by atoms with van der Waals surface area (Å²) in [5, 5.41) is 0. The highest BCUT2D eigenvalue weighted by Gasteiger charge is 2.18. The fraction of sp³-hybridized carbons (Fsp3) is 0.345. The molecule has 1 fully saturated rings. The molecule has 0 bridgehead atoms. The van der Waals surface area contributed by atoms with Gasteiger partial charge in [0.25, 0.3) is 0 Å². The van der Waals surface area contributed by atoms with Crippen LogP contribution in [0, 0.1) is 13.8 Å². The number of fused-ring (bicyclic) bond motifs is 2. The molecular weight excluding hydrogens is 424 g/mol. The van der Waals surface area contributed by atoms with Crippen molar-refractivity contribution in [1.29, 1.82) is 0 Å². The Labute approximate surface area is 200 Å². The minimum absolute atomic E-state index is 0.581. The lowest BCUT2D eigenvalue weighted by Gasteiger charge is -2.26. The number of nitrogens with zero attached hydrogens (tertiary/aromatic N) is 2. The summed E-state index contributed by atoms with van der Waals surface area (Å²) in [6, 6.07) is 16.9. The number of piperidine rings is 1. The average molecular weight is 455 g/mol. The maximum atomic E-state index is 6.32. The van der Waals surface area contributed by atoms with Crippen molar-refractivity contribution < 1.29 is 13.9 Å². The van der Waals surface area contributed by atoms with Crippen molar-refractivity contribution in [2.45, 2.75) is 39.7 Å². The largest absolute Gasteiger partial charge is 0.486 e. The van der Waals surface area contributed by atoms with Gasteiger partial charge in [0.05, 0.1) is 0 Å². The minimum Gasteiger partial charge on any atom is -0.486 e. The number of oxazole rings is 1. The second kappa shape index (κ2) is 8.80. The second-order valence-electron chi connectivity index (χ2n) is 9.45. The van der Waals surface area contributed by atoms with Gasteiger partial charge in [0.2, 0.25) is 5.89 Å². The summed E-state index contributed by atoms with van der Waals surface area (Å²) in [6.07, 6.45) is 3.95. The highest BCUT2D eigenvalue weighted by molar-refractivity contribution is 5.82. The van der Waals surface area contributed by atoms with E-state index in [9.17, 15) is 0 Å². The molecule has 0 saturated carbocycles. The zero-order chi connectivity index (χ0) is 23.1. The molecule has 5 heteroatoms. The molecule has 3 heterocycles. The summed E-state index contributed by atoms with van der Waals surface area (Å²) in [4.78, 5) is 7.48. The van der Waals surface area contributed by atoms with Crippen molar-refractivity contribution in [2.75, 3.05) is 26.3 Å². The summed E-state index contributed by atoms with van der Waals surface area (Å²) < 4.78 is 17.8. The Balaban J connectivity index is 1.35. The summed E-state index contributed by atoms with van der Waals surface area (Å²) in [5.41, 5.74) is 8.65. The van der Waals surface area contributed by atoms with Crippen molar-refractivity contribution in [2.24, 2.45) is 0 Å². The molecule has 0 unspecified atom stereocenters. The fourth-order valence-corrected chi connectivity index (χ4v) is 5.25. The number of likely N-dealkylation sites (tertiary alicyclic amines) is 1. The molecule has 5 nitrogen and oxygen atoms in total. The molecule has 0 aliphatic carbocycles. The first kappa shape index (κ1) is 21.2. The van der Waals surface area contributed by atoms with Crippen LogP contribution in [0.25, 0.3) is 33.7 Å². The Bertz CT molecular complexity index is 1350. The number of hydrogen-bond donors (Lipinski definition) is 0. The molecule has 2 aliphatic rings. The molecule has 0 atom stereocenters. The molecule has 3 aromatic carbocycles. The number of rotatable bonds is 4. The maximum Gasteiger partial charge on any atom is 0.227 e. The predicted molar refractivity (Wildman–Crippen MR) is 134 cm³/mol. The van der Waals surface area contributed by atoms with E-state index in [0.717, 1.165) is 57.0 Å². The van der Waals surface area contributed by atoms with Gasteiger partial charge >= 0.3 is 0 Å². The number of hydrogen-bond acceptors (Lipinski definition) is 5. The Morgan fingerprint density at radius 1 is 0.853 bits per heavy atom. The van der Waals surface area contributed by atoms with Crippen LogP contribution in [0.15, 0.2) is 52.9 Å². The van der Waals surface area contributed by atoms with Crippen molar-refractivity contribution in [3.63, 3.8) is 0 Å². The molecular formula is C29H30N2O3. The summed E-state index contributed by atoms with van der Waals surface area (Å²) in [5.74, 6) is 2.27. The van der Waals surface area contributed by atoms with Crippen LogP contribution < -0.4 is 9.47 Å². The molecule has 0 amide bonds. The fourth-order valence-electron chi connectivity index (χ4n) is 5.25. The topological polar surface area (TPSA) is 47.7 Å². The van der Waals surface area contributed by atoms with Gasteiger partial charge in [-0.05, 0) is 91.9 Å². The number of aromatic nitrogens is 1. The molecule has 1 aromatic heterocycles. The van der Waals surface area contributed by atoms with E-state index < -0.39 is 0 Å². The molecule has 0 spiro atoms. The Kier molecular flexibility index (Phi) is 5.50. The van der Waals surface area contributed by atoms with E-state index in [4.69, 9.17) is 18.9 Å². The monoisotopic (exact) mass is 454 g/mol. The van der Waals surface area contributed by atoms with Crippen LogP contribution in [0.4, 0.5) is 0 Å². The van der Waals surface area contributed by atoms with Gasteiger partial charge in [0.1, 0.15) is 18.7 Å². The first-order chi connectivity index (χ1) is 16.7. The van der Waals surface area contributed by atoms with E-state index in [1.165, 1.54) is 37.9 Å². The third-order valence-corrected chi connectivity index (χ3v) is 7.01. The summed E-state index contributed by atoms with van der Waals surface area (Å²) in [7, 11) is 0. The molecule has 2 aliphatic heterocycles. The zero-order valence-corrected chi connectivity index (χ0v) is 19.9. The van der Waals surface area contributed by atoms with Gasteiger partial charge in [0.15, 0.2) is 17.1 Å². The first-order valence-corrected chi connectivity index (χ1v) is 12.3. The van der Waals surface area contributed by atoms with Crippen LogP contribution in [0.2, 0.25) is 0 Å². The standard InChI is InChI=1S/C29H30N2O3/c1-19-15-21(18-31-11-4-3-5-12-31)16-25-28(19)34-29(30-25)24-8-6-7-23(20(24)2)22-9-10-26-27(17-22)33-14-13-32-26/h6-10,15-17H,3-5,11-14,18H2,1-2H3. The van der Waals surface area contributed by atoms with Crippen molar-refractivity contribution in [3.8, 4) is 34.1 Å². The lowest BCUT2D eigenvalue weighted by atomic mass is 9.96. The van der Waals surface area contributed by atoms with Crippen molar-refractivity contribution in [1.82, 2.24) is 9.88 Å². The summed E-state index contributed by atoms with van der Waals surface area (Å²) >= 11 is 0. The number of benzene rings is 3. The second-order valence-corrected chi connectivity index (χ2v) is 9.45. The minimum atomic E-state index is 0.581. The van der Waals surface area contributed by atoms with Gasteiger partial charge in [-0.1, -0.05) is 30.7 Å².